The molecule has 6 nitrogen and oxygen atoms in total. The van der Waals surface area contributed by atoms with E-state index in [4.69, 9.17) is 37.5 Å². The molecule has 1 aliphatic rings. The van der Waals surface area contributed by atoms with Gasteiger partial charge in [0.15, 0.2) is 11.6 Å². The number of halogens is 6. The van der Waals surface area contributed by atoms with E-state index in [1.54, 1.807) is 0 Å². The number of phenolic OH excluding ortho intramolecular Hbond substituents is 1. The van der Waals surface area contributed by atoms with Crippen LogP contribution in [0, 0.1) is 5.82 Å². The van der Waals surface area contributed by atoms with Gasteiger partial charge in [0, 0.05) is 18.7 Å². The zero-order chi connectivity index (χ0) is 22.8. The van der Waals surface area contributed by atoms with E-state index in [0.29, 0.717) is 19.0 Å². The first-order chi connectivity index (χ1) is 14.6. The Morgan fingerprint density at radius 2 is 2.00 bits per heavy atom. The molecule has 1 aliphatic heterocycles. The molecule has 31 heavy (non-hydrogen) atoms. The molecule has 2 aromatic rings. The van der Waals surface area contributed by atoms with E-state index in [1.807, 2.05) is 0 Å². The third-order valence-electron chi connectivity index (χ3n) is 4.42. The lowest BCUT2D eigenvalue weighted by Gasteiger charge is -2.12. The summed E-state index contributed by atoms with van der Waals surface area (Å²) in [7, 11) is 1.31. The van der Waals surface area contributed by atoms with Crippen LogP contribution in [-0.2, 0) is 11.0 Å². The monoisotopic (exact) mass is 482 g/mol. The van der Waals surface area contributed by atoms with Crippen LogP contribution >= 0.6 is 23.2 Å². The number of methoxy groups -OCH3 is 1. The smallest absolute Gasteiger partial charge is 0.417 e. The molecule has 1 atom stereocenters. The molecule has 1 aromatic carbocycles. The molecule has 0 spiro atoms. The van der Waals surface area contributed by atoms with Crippen molar-refractivity contribution in [3.05, 3.63) is 45.3 Å². The number of oxime groups is 1. The van der Waals surface area contributed by atoms with Gasteiger partial charge in [0.1, 0.15) is 16.9 Å². The van der Waals surface area contributed by atoms with Crippen molar-refractivity contribution < 1.29 is 37.0 Å². The maximum atomic E-state index is 14.4. The largest absolute Gasteiger partial charge is 0.505 e. The Hall–Kier alpha value is -2.46. The van der Waals surface area contributed by atoms with Crippen molar-refractivity contribution in [3.8, 4) is 17.4 Å². The van der Waals surface area contributed by atoms with Gasteiger partial charge in [0.25, 0.3) is 0 Å². The van der Waals surface area contributed by atoms with E-state index in [1.165, 1.54) is 7.11 Å². The van der Waals surface area contributed by atoms with Crippen molar-refractivity contribution in [1.82, 2.24) is 4.98 Å². The first-order valence-corrected chi connectivity index (χ1v) is 9.71. The first kappa shape index (κ1) is 23.2. The summed E-state index contributed by atoms with van der Waals surface area (Å²) in [4.78, 5) is 8.89. The number of benzene rings is 1. The molecule has 0 saturated carbocycles. The van der Waals surface area contributed by atoms with Gasteiger partial charge in [-0.2, -0.15) is 13.2 Å². The van der Waals surface area contributed by atoms with Gasteiger partial charge in [0.05, 0.1) is 35.6 Å². The highest BCUT2D eigenvalue weighted by Gasteiger charge is 2.32. The van der Waals surface area contributed by atoms with Crippen molar-refractivity contribution in [2.24, 2.45) is 5.16 Å². The zero-order valence-corrected chi connectivity index (χ0v) is 17.5. The van der Waals surface area contributed by atoms with Crippen LogP contribution in [0.25, 0.3) is 0 Å². The second-order valence-electron chi connectivity index (χ2n) is 6.57. The van der Waals surface area contributed by atoms with E-state index < -0.39 is 29.4 Å². The lowest BCUT2D eigenvalue weighted by molar-refractivity contribution is -0.137. The summed E-state index contributed by atoms with van der Waals surface area (Å²) in [5, 5.41) is 13.3. The van der Waals surface area contributed by atoms with Crippen molar-refractivity contribution in [2.75, 3.05) is 13.7 Å². The number of aromatic hydroxyl groups is 1. The van der Waals surface area contributed by atoms with Crippen LogP contribution in [0.1, 0.15) is 30.4 Å². The molecule has 1 aromatic heterocycles. The molecule has 0 saturated heterocycles. The number of alkyl halides is 3. The summed E-state index contributed by atoms with van der Waals surface area (Å²) in [6.07, 6.45) is -3.20. The van der Waals surface area contributed by atoms with Crippen molar-refractivity contribution in [2.45, 2.75) is 31.5 Å². The van der Waals surface area contributed by atoms with Gasteiger partial charge < -0.3 is 19.4 Å². The minimum absolute atomic E-state index is 0.0249. The van der Waals surface area contributed by atoms with Gasteiger partial charge in [-0.05, 0) is 18.9 Å². The van der Waals surface area contributed by atoms with E-state index in [9.17, 15) is 22.7 Å². The Balaban J connectivity index is 1.54. The molecule has 1 N–H and O–H groups in total. The quantitative estimate of drug-likeness (QED) is 0.409. The molecule has 0 bridgehead atoms. The van der Waals surface area contributed by atoms with Crippen LogP contribution in [0.3, 0.4) is 0 Å². The minimum atomic E-state index is -4.55. The third-order valence-corrected chi connectivity index (χ3v) is 4.97. The van der Waals surface area contributed by atoms with Crippen LogP contribution in [0.5, 0.6) is 17.4 Å². The van der Waals surface area contributed by atoms with E-state index >= 15 is 0 Å². The summed E-state index contributed by atoms with van der Waals surface area (Å²) in [5.74, 6) is -1.64. The van der Waals surface area contributed by atoms with Crippen molar-refractivity contribution in [3.63, 3.8) is 0 Å². The molecule has 168 valence electrons. The highest BCUT2D eigenvalue weighted by molar-refractivity contribution is 6.33. The number of phenols is 1. The van der Waals surface area contributed by atoms with E-state index in [2.05, 4.69) is 10.1 Å². The predicted octanol–water partition coefficient (Wildman–Crippen LogP) is 5.61. The van der Waals surface area contributed by atoms with Gasteiger partial charge in [-0.15, -0.1) is 0 Å². The number of rotatable bonds is 7. The Morgan fingerprint density at radius 3 is 2.65 bits per heavy atom. The topological polar surface area (TPSA) is 73.2 Å². The lowest BCUT2D eigenvalue weighted by atomic mass is 10.0. The summed E-state index contributed by atoms with van der Waals surface area (Å²) >= 11 is 11.8. The fourth-order valence-corrected chi connectivity index (χ4v) is 3.45. The normalized spacial score (nSPS) is 16.1. The molecule has 3 rings (SSSR count). The van der Waals surface area contributed by atoms with Crippen LogP contribution < -0.4 is 9.47 Å². The third kappa shape index (κ3) is 5.24. The number of aromatic nitrogens is 1. The van der Waals surface area contributed by atoms with Gasteiger partial charge in [-0.3, -0.25) is 0 Å². The maximum absolute atomic E-state index is 14.4. The van der Waals surface area contributed by atoms with E-state index in [0.717, 1.165) is 12.1 Å². The van der Waals surface area contributed by atoms with Gasteiger partial charge in [-0.25, -0.2) is 9.37 Å². The number of ether oxygens (including phenoxy) is 2. The molecule has 0 radical (unpaired) electrons. The molecular formula is C19H16Cl2F4N2O4. The lowest BCUT2D eigenvalue weighted by Crippen LogP contribution is -2.12. The average molecular weight is 483 g/mol. The summed E-state index contributed by atoms with van der Waals surface area (Å²) in [6.45, 7) is 0.114. The van der Waals surface area contributed by atoms with Crippen LogP contribution in [0.4, 0.5) is 17.6 Å². The van der Waals surface area contributed by atoms with Gasteiger partial charge >= 0.3 is 6.18 Å². The van der Waals surface area contributed by atoms with Crippen LogP contribution in [-0.4, -0.2) is 35.6 Å². The Bertz CT molecular complexity index is 1000. The molecule has 12 heteroatoms. The average Bonchev–Trinajstić information content (AvgIpc) is 3.16. The number of nitrogens with zero attached hydrogens (tertiary/aromatic N) is 2. The molecule has 1 unspecified atom stereocenters. The fourth-order valence-electron chi connectivity index (χ4n) is 2.95. The van der Waals surface area contributed by atoms with Crippen LogP contribution in [0.15, 0.2) is 23.5 Å². The maximum Gasteiger partial charge on any atom is 0.417 e. The number of pyridine rings is 1. The fraction of sp³-hybridized carbons (Fsp3) is 0.368. The second kappa shape index (κ2) is 9.35. The highest BCUT2D eigenvalue weighted by atomic mass is 35.5. The molecular weight excluding hydrogens is 467 g/mol. The van der Waals surface area contributed by atoms with Gasteiger partial charge in [0.2, 0.25) is 5.88 Å². The van der Waals surface area contributed by atoms with Crippen molar-refractivity contribution >= 4 is 28.9 Å². The summed E-state index contributed by atoms with van der Waals surface area (Å²) < 4.78 is 62.8. The minimum Gasteiger partial charge on any atom is -0.505 e. The Kier molecular flexibility index (Phi) is 7.00. The Labute approximate surface area is 184 Å². The SMILES string of the molecule is COc1c(Cl)cc(O)c(F)c1C1=NOC(CCCOc2ncc(C(F)(F)F)cc2Cl)C1. The predicted molar refractivity (Wildman–Crippen MR) is 105 cm³/mol. The summed E-state index contributed by atoms with van der Waals surface area (Å²) in [5.41, 5.74) is -0.818. The zero-order valence-electron chi connectivity index (χ0n) is 16.0. The summed E-state index contributed by atoms with van der Waals surface area (Å²) in [6, 6.07) is 1.78. The highest BCUT2D eigenvalue weighted by Crippen LogP contribution is 2.38. The van der Waals surface area contributed by atoms with Crippen molar-refractivity contribution in [1.29, 1.82) is 0 Å². The molecule has 0 amide bonds. The second-order valence-corrected chi connectivity index (χ2v) is 7.38. The van der Waals surface area contributed by atoms with E-state index in [-0.39, 0.29) is 46.0 Å². The molecule has 2 heterocycles. The molecule has 0 fully saturated rings. The molecule has 0 aliphatic carbocycles. The van der Waals surface area contributed by atoms with Crippen LogP contribution in [0.2, 0.25) is 10.0 Å². The first-order valence-electron chi connectivity index (χ1n) is 8.95. The number of hydrogen-bond donors (Lipinski definition) is 1. The number of hydrogen-bond acceptors (Lipinski definition) is 6. The Morgan fingerprint density at radius 1 is 1.26 bits per heavy atom. The standard InChI is InChI=1S/C19H16Cl2F4N2O4/c1-29-17-11(20)7-14(28)16(22)15(17)13-6-10(31-27-13)3-2-4-30-18-12(21)5-9(8-26-18)19(23,24)25/h5,7-8,10,28H,2-4,6H2,1H3. The van der Waals surface area contributed by atoms with Gasteiger partial charge in [-0.1, -0.05) is 28.4 Å².